The Labute approximate surface area is 210 Å². The first kappa shape index (κ1) is 23.7. The predicted octanol–water partition coefficient (Wildman–Crippen LogP) is 6.23. The average Bonchev–Trinajstić information content (AvgIpc) is 3.61. The van der Waals surface area contributed by atoms with Gasteiger partial charge in [0, 0.05) is 35.7 Å². The number of rotatable bonds is 8. The van der Waals surface area contributed by atoms with Gasteiger partial charge in [0.1, 0.15) is 29.7 Å². The molecule has 0 unspecified atom stereocenters. The number of methoxy groups -OCH3 is 1. The minimum atomic E-state index is -0.261. The van der Waals surface area contributed by atoms with Crippen LogP contribution in [-0.2, 0) is 6.42 Å². The first-order valence-electron chi connectivity index (χ1n) is 12.1. The Morgan fingerprint density at radius 1 is 1.22 bits per heavy atom. The Bertz CT molecular complexity index is 1450. The summed E-state index contributed by atoms with van der Waals surface area (Å²) in [6.07, 6.45) is 8.30. The Balaban J connectivity index is 1.38. The largest absolute Gasteiger partial charge is 0.497 e. The highest BCUT2D eigenvalue weighted by Gasteiger charge is 2.22. The maximum absolute atomic E-state index is 14.2. The number of aromatic nitrogens is 2. The lowest BCUT2D eigenvalue weighted by molar-refractivity contribution is 0.345. The van der Waals surface area contributed by atoms with Gasteiger partial charge in [-0.2, -0.15) is 5.10 Å². The number of aryl methyl sites for hydroxylation is 1. The van der Waals surface area contributed by atoms with Crippen LogP contribution in [0.1, 0.15) is 54.9 Å². The average molecular weight is 485 g/mol. The lowest BCUT2D eigenvalue weighted by Gasteiger charge is -2.12. The van der Waals surface area contributed by atoms with E-state index in [1.54, 1.807) is 19.2 Å². The second-order valence-electron chi connectivity index (χ2n) is 8.98. The summed E-state index contributed by atoms with van der Waals surface area (Å²) in [7, 11) is 1.65. The van der Waals surface area contributed by atoms with Crippen LogP contribution in [0.5, 0.6) is 11.5 Å². The number of nitrogens with zero attached hydrogens (tertiary/aromatic N) is 4. The normalized spacial score (nSPS) is 14.9. The fourth-order valence-electron chi connectivity index (χ4n) is 4.36. The minimum Gasteiger partial charge on any atom is -0.497 e. The van der Waals surface area contributed by atoms with Crippen LogP contribution >= 0.6 is 0 Å². The molecule has 0 bridgehead atoms. The Hall–Kier alpha value is -4.00. The zero-order valence-electron chi connectivity index (χ0n) is 21.0. The Morgan fingerprint density at radius 2 is 2.06 bits per heavy atom. The maximum Gasteiger partial charge on any atom is 0.132 e. The van der Waals surface area contributed by atoms with E-state index >= 15 is 0 Å². The highest BCUT2D eigenvalue weighted by molar-refractivity contribution is 6.03. The monoisotopic (exact) mass is 484 g/mol. The van der Waals surface area contributed by atoms with Crippen LogP contribution in [0.15, 0.2) is 64.5 Å². The zero-order chi connectivity index (χ0) is 25.2. The number of imidazole rings is 1. The number of ether oxygens (including phenoxy) is 2. The quantitative estimate of drug-likeness (QED) is 0.356. The van der Waals surface area contributed by atoms with Gasteiger partial charge in [-0.3, -0.25) is 4.99 Å². The van der Waals surface area contributed by atoms with Crippen LogP contribution in [0.25, 0.3) is 11.6 Å². The standard InChI is InChI=1S/C29H29FN4O2/c1-5-18(2)33-34-16-28(31-19(34)3)21-12-20-13-23(35-4)15-29(25(20)14-21)36-17-22-10-11-27(32-22)24-8-6-7-9-26(24)30/h6-10,13-16H,5,11-12,17H2,1-4H3/b33-18+. The van der Waals surface area contributed by atoms with E-state index in [9.17, 15) is 4.39 Å². The summed E-state index contributed by atoms with van der Waals surface area (Å²) in [5.41, 5.74) is 7.23. The molecule has 0 saturated heterocycles. The molecule has 0 amide bonds. The number of benzene rings is 2. The fraction of sp³-hybridized carbons (Fsp3) is 0.276. The highest BCUT2D eigenvalue weighted by Crippen LogP contribution is 2.40. The molecule has 6 nitrogen and oxygen atoms in total. The molecule has 0 spiro atoms. The number of hydrogen-bond acceptors (Lipinski definition) is 5. The fourth-order valence-corrected chi connectivity index (χ4v) is 4.36. The van der Waals surface area contributed by atoms with E-state index in [-0.39, 0.29) is 5.82 Å². The Morgan fingerprint density at radius 3 is 2.83 bits per heavy atom. The first-order valence-corrected chi connectivity index (χ1v) is 12.1. The summed E-state index contributed by atoms with van der Waals surface area (Å²) >= 11 is 0. The van der Waals surface area contributed by atoms with Crippen molar-refractivity contribution in [2.24, 2.45) is 10.1 Å². The molecule has 2 aliphatic rings. The van der Waals surface area contributed by atoms with Gasteiger partial charge in [-0.05, 0) is 49.6 Å². The molecule has 2 heterocycles. The number of hydrogen-bond donors (Lipinski definition) is 0. The van der Waals surface area contributed by atoms with Gasteiger partial charge in [0.25, 0.3) is 0 Å². The van der Waals surface area contributed by atoms with E-state index in [1.165, 1.54) is 6.07 Å². The molecule has 7 heteroatoms. The lowest BCUT2D eigenvalue weighted by atomic mass is 10.1. The van der Waals surface area contributed by atoms with Crippen molar-refractivity contribution in [2.75, 3.05) is 13.7 Å². The van der Waals surface area contributed by atoms with Crippen molar-refractivity contribution in [2.45, 2.75) is 40.0 Å². The summed E-state index contributed by atoms with van der Waals surface area (Å²) in [4.78, 5) is 9.36. The van der Waals surface area contributed by atoms with E-state index in [4.69, 9.17) is 14.5 Å². The van der Waals surface area contributed by atoms with Crippen LogP contribution in [0, 0.1) is 12.7 Å². The molecule has 1 aliphatic carbocycles. The van der Waals surface area contributed by atoms with Gasteiger partial charge in [0.15, 0.2) is 0 Å². The van der Waals surface area contributed by atoms with Gasteiger partial charge in [0.2, 0.25) is 0 Å². The van der Waals surface area contributed by atoms with E-state index in [0.29, 0.717) is 18.6 Å². The van der Waals surface area contributed by atoms with Crippen LogP contribution in [0.4, 0.5) is 4.39 Å². The number of allylic oxidation sites excluding steroid dienone is 2. The van der Waals surface area contributed by atoms with Crippen molar-refractivity contribution in [1.29, 1.82) is 0 Å². The van der Waals surface area contributed by atoms with Crippen molar-refractivity contribution >= 4 is 23.1 Å². The van der Waals surface area contributed by atoms with Gasteiger partial charge in [-0.25, -0.2) is 14.1 Å². The van der Waals surface area contributed by atoms with Crippen molar-refractivity contribution in [3.8, 4) is 11.5 Å². The van der Waals surface area contributed by atoms with Crippen LogP contribution in [-0.4, -0.2) is 34.8 Å². The zero-order valence-corrected chi connectivity index (χ0v) is 21.0. The summed E-state index contributed by atoms with van der Waals surface area (Å²) in [6, 6.07) is 10.7. The molecular weight excluding hydrogens is 455 g/mol. The highest BCUT2D eigenvalue weighted by atomic mass is 19.1. The van der Waals surface area contributed by atoms with Crippen molar-refractivity contribution in [3.63, 3.8) is 0 Å². The molecule has 0 radical (unpaired) electrons. The molecular formula is C29H29FN4O2. The predicted molar refractivity (Wildman–Crippen MR) is 141 cm³/mol. The van der Waals surface area contributed by atoms with Gasteiger partial charge < -0.3 is 9.47 Å². The van der Waals surface area contributed by atoms with E-state index < -0.39 is 0 Å². The number of halogens is 1. The Kier molecular flexibility index (Phi) is 6.55. The third-order valence-electron chi connectivity index (χ3n) is 6.48. The van der Waals surface area contributed by atoms with Gasteiger partial charge in [-0.15, -0.1) is 0 Å². The summed E-state index contributed by atoms with van der Waals surface area (Å²) in [6.45, 7) is 6.36. The molecule has 2 aromatic carbocycles. The molecule has 5 rings (SSSR count). The number of fused-ring (bicyclic) bond motifs is 1. The summed E-state index contributed by atoms with van der Waals surface area (Å²) in [5.74, 6) is 2.05. The third-order valence-corrected chi connectivity index (χ3v) is 6.48. The third kappa shape index (κ3) is 4.73. The molecule has 1 aromatic heterocycles. The molecule has 184 valence electrons. The number of aliphatic imine (C=N–C) groups is 1. The summed E-state index contributed by atoms with van der Waals surface area (Å²) < 4.78 is 27.8. The van der Waals surface area contributed by atoms with E-state index in [0.717, 1.165) is 69.7 Å². The second kappa shape index (κ2) is 9.93. The second-order valence-corrected chi connectivity index (χ2v) is 8.98. The molecule has 0 fully saturated rings. The van der Waals surface area contributed by atoms with Gasteiger partial charge in [-0.1, -0.05) is 31.2 Å². The molecule has 0 atom stereocenters. The molecule has 1 aliphatic heterocycles. The lowest BCUT2D eigenvalue weighted by Crippen LogP contribution is -2.03. The van der Waals surface area contributed by atoms with Crippen molar-refractivity contribution < 1.29 is 13.9 Å². The van der Waals surface area contributed by atoms with Crippen molar-refractivity contribution in [1.82, 2.24) is 9.66 Å². The van der Waals surface area contributed by atoms with Crippen molar-refractivity contribution in [3.05, 3.63) is 88.4 Å². The maximum atomic E-state index is 14.2. The molecule has 3 aromatic rings. The van der Waals surface area contributed by atoms with Crippen LogP contribution < -0.4 is 9.47 Å². The van der Waals surface area contributed by atoms with Gasteiger partial charge in [0.05, 0.1) is 30.4 Å². The smallest absolute Gasteiger partial charge is 0.132 e. The molecule has 0 saturated carbocycles. The first-order chi connectivity index (χ1) is 17.4. The SMILES string of the molecule is CC/C(C)=N/n1cc(C2=Cc3c(cc(OC)cc3OCC3=CCC(c4ccccc4F)=N3)C2)nc1C. The molecule has 0 N–H and O–H groups in total. The van der Waals surface area contributed by atoms with E-state index in [2.05, 4.69) is 23.1 Å². The summed E-state index contributed by atoms with van der Waals surface area (Å²) in [5, 5.41) is 4.63. The topological polar surface area (TPSA) is 61.0 Å². The van der Waals surface area contributed by atoms with Gasteiger partial charge >= 0.3 is 0 Å². The molecule has 36 heavy (non-hydrogen) atoms. The van der Waals surface area contributed by atoms with Crippen LogP contribution in [0.2, 0.25) is 0 Å². The minimum absolute atomic E-state index is 0.261. The van der Waals surface area contributed by atoms with E-state index in [1.807, 2.05) is 49.0 Å². The van der Waals surface area contributed by atoms with Crippen LogP contribution in [0.3, 0.4) is 0 Å².